The van der Waals surface area contributed by atoms with Gasteiger partial charge in [-0.3, -0.25) is 13.8 Å². The zero-order valence-corrected chi connectivity index (χ0v) is 14.6. The van der Waals surface area contributed by atoms with Crippen LogP contribution in [0.2, 0.25) is 5.02 Å². The van der Waals surface area contributed by atoms with Gasteiger partial charge < -0.3 is 10.2 Å². The summed E-state index contributed by atoms with van der Waals surface area (Å²) in [5.74, 6) is -0.0671. The first kappa shape index (κ1) is 18.6. The van der Waals surface area contributed by atoms with E-state index in [4.69, 9.17) is 11.6 Å². The molecule has 0 saturated heterocycles. The average molecular weight is 345 g/mol. The Balaban J connectivity index is 2.40. The number of rotatable bonds is 7. The molecule has 0 saturated carbocycles. The van der Waals surface area contributed by atoms with Crippen LogP contribution in [0.15, 0.2) is 18.2 Å². The summed E-state index contributed by atoms with van der Waals surface area (Å²) >= 11 is 5.98. The summed E-state index contributed by atoms with van der Waals surface area (Å²) < 4.78 is 11.8. The molecular weight excluding hydrogens is 324 g/mol. The molecular formula is C15H21ClN2O3S. The van der Waals surface area contributed by atoms with Crippen LogP contribution < -0.4 is 5.32 Å². The standard InChI is InChI=1S/C15H21ClN2O3S/c1-11-12(16)6-4-7-13(11)17-14(19)10-22(21)9-5-8-15(20)18(2)3/h4,6-7H,5,8-10H2,1-3H3,(H,17,19)/t22-/m1/s1. The summed E-state index contributed by atoms with van der Waals surface area (Å²) in [5.41, 5.74) is 1.40. The smallest absolute Gasteiger partial charge is 0.236 e. The van der Waals surface area contributed by atoms with Crippen LogP contribution in [-0.2, 0) is 20.4 Å². The Morgan fingerprint density at radius 3 is 2.64 bits per heavy atom. The van der Waals surface area contributed by atoms with Gasteiger partial charge in [0, 0.05) is 47.8 Å². The summed E-state index contributed by atoms with van der Waals surface area (Å²) in [4.78, 5) is 24.8. The third-order valence-electron chi connectivity index (χ3n) is 3.10. The molecule has 5 nitrogen and oxygen atoms in total. The van der Waals surface area contributed by atoms with Crippen molar-refractivity contribution in [1.82, 2.24) is 4.90 Å². The number of nitrogens with one attached hydrogen (secondary N) is 1. The van der Waals surface area contributed by atoms with Crippen molar-refractivity contribution in [3.05, 3.63) is 28.8 Å². The Bertz CT molecular complexity index is 576. The Hall–Kier alpha value is -1.40. The fraction of sp³-hybridized carbons (Fsp3) is 0.467. The van der Waals surface area contributed by atoms with E-state index in [1.807, 2.05) is 6.92 Å². The predicted molar refractivity (Wildman–Crippen MR) is 90.6 cm³/mol. The highest BCUT2D eigenvalue weighted by Gasteiger charge is 2.11. The lowest BCUT2D eigenvalue weighted by Crippen LogP contribution is -2.23. The van der Waals surface area contributed by atoms with E-state index >= 15 is 0 Å². The van der Waals surface area contributed by atoms with Crippen molar-refractivity contribution in [1.29, 1.82) is 0 Å². The van der Waals surface area contributed by atoms with E-state index < -0.39 is 10.8 Å². The highest BCUT2D eigenvalue weighted by atomic mass is 35.5. The zero-order valence-electron chi connectivity index (χ0n) is 13.0. The van der Waals surface area contributed by atoms with Crippen LogP contribution in [0, 0.1) is 6.92 Å². The topological polar surface area (TPSA) is 66.5 Å². The van der Waals surface area contributed by atoms with Crippen LogP contribution in [0.5, 0.6) is 0 Å². The molecule has 1 aromatic carbocycles. The Labute approximate surface area is 138 Å². The van der Waals surface area contributed by atoms with E-state index in [1.165, 1.54) is 4.90 Å². The fourth-order valence-corrected chi connectivity index (χ4v) is 2.91. The molecule has 1 rings (SSSR count). The van der Waals surface area contributed by atoms with Gasteiger partial charge in [-0.15, -0.1) is 0 Å². The van der Waals surface area contributed by atoms with Crippen LogP contribution in [-0.4, -0.2) is 46.5 Å². The molecule has 0 aliphatic rings. The van der Waals surface area contributed by atoms with Gasteiger partial charge in [0.15, 0.2) is 0 Å². The van der Waals surface area contributed by atoms with Gasteiger partial charge in [-0.25, -0.2) is 0 Å². The quantitative estimate of drug-likeness (QED) is 0.824. The molecule has 0 fully saturated rings. The second-order valence-electron chi connectivity index (χ2n) is 5.14. The van der Waals surface area contributed by atoms with Gasteiger partial charge in [0.1, 0.15) is 5.75 Å². The van der Waals surface area contributed by atoms with Gasteiger partial charge in [0.05, 0.1) is 0 Å². The van der Waals surface area contributed by atoms with Gasteiger partial charge >= 0.3 is 0 Å². The highest BCUT2D eigenvalue weighted by molar-refractivity contribution is 7.85. The summed E-state index contributed by atoms with van der Waals surface area (Å²) in [6.07, 6.45) is 0.848. The second kappa shape index (κ2) is 8.90. The normalized spacial score (nSPS) is 11.8. The number of anilines is 1. The molecule has 0 bridgehead atoms. The first-order valence-corrected chi connectivity index (χ1v) is 8.78. The van der Waals surface area contributed by atoms with E-state index in [9.17, 15) is 13.8 Å². The number of halogens is 1. The van der Waals surface area contributed by atoms with E-state index in [1.54, 1.807) is 32.3 Å². The molecule has 122 valence electrons. The monoisotopic (exact) mass is 344 g/mol. The first-order chi connectivity index (χ1) is 10.3. The molecule has 1 aromatic rings. The van der Waals surface area contributed by atoms with Crippen molar-refractivity contribution in [2.45, 2.75) is 19.8 Å². The minimum Gasteiger partial charge on any atom is -0.349 e. The van der Waals surface area contributed by atoms with Gasteiger partial charge in [0.25, 0.3) is 0 Å². The fourth-order valence-electron chi connectivity index (χ4n) is 1.76. The minimum absolute atomic E-state index is 0.00370. The molecule has 1 N–H and O–H groups in total. The Kier molecular flexibility index (Phi) is 7.55. The van der Waals surface area contributed by atoms with E-state index in [0.29, 0.717) is 29.3 Å². The van der Waals surface area contributed by atoms with Crippen LogP contribution >= 0.6 is 11.6 Å². The molecule has 0 spiro atoms. The van der Waals surface area contributed by atoms with Crippen LogP contribution in [0.4, 0.5) is 5.69 Å². The Morgan fingerprint density at radius 1 is 1.32 bits per heavy atom. The number of carbonyl (C=O) groups excluding carboxylic acids is 2. The predicted octanol–water partition coefficient (Wildman–Crippen LogP) is 2.20. The van der Waals surface area contributed by atoms with Crippen LogP contribution in [0.25, 0.3) is 0 Å². The Morgan fingerprint density at radius 2 is 2.00 bits per heavy atom. The van der Waals surface area contributed by atoms with Crippen molar-refractivity contribution in [2.75, 3.05) is 30.9 Å². The lowest BCUT2D eigenvalue weighted by atomic mass is 10.2. The van der Waals surface area contributed by atoms with Crippen LogP contribution in [0.1, 0.15) is 18.4 Å². The molecule has 22 heavy (non-hydrogen) atoms. The molecule has 0 aliphatic heterocycles. The van der Waals surface area contributed by atoms with E-state index in [0.717, 1.165) is 5.56 Å². The van der Waals surface area contributed by atoms with Gasteiger partial charge in [-0.2, -0.15) is 0 Å². The number of carbonyl (C=O) groups is 2. The lowest BCUT2D eigenvalue weighted by molar-refractivity contribution is -0.128. The van der Waals surface area contributed by atoms with Crippen LogP contribution in [0.3, 0.4) is 0 Å². The van der Waals surface area contributed by atoms with E-state index in [2.05, 4.69) is 5.32 Å². The largest absolute Gasteiger partial charge is 0.349 e. The van der Waals surface area contributed by atoms with Crippen molar-refractivity contribution in [3.63, 3.8) is 0 Å². The molecule has 0 unspecified atom stereocenters. The van der Waals surface area contributed by atoms with Crippen molar-refractivity contribution in [3.8, 4) is 0 Å². The molecule has 1 atom stereocenters. The van der Waals surface area contributed by atoms with Crippen molar-refractivity contribution in [2.24, 2.45) is 0 Å². The third-order valence-corrected chi connectivity index (χ3v) is 4.83. The summed E-state index contributed by atoms with van der Waals surface area (Å²) in [5, 5.41) is 3.28. The molecule has 0 radical (unpaired) electrons. The van der Waals surface area contributed by atoms with Gasteiger partial charge in [0.2, 0.25) is 11.8 Å². The maximum atomic E-state index is 11.9. The zero-order chi connectivity index (χ0) is 16.7. The summed E-state index contributed by atoms with van der Waals surface area (Å²) in [6, 6.07) is 5.24. The second-order valence-corrected chi connectivity index (χ2v) is 7.12. The van der Waals surface area contributed by atoms with Gasteiger partial charge in [-0.05, 0) is 31.0 Å². The molecule has 0 heterocycles. The number of hydrogen-bond donors (Lipinski definition) is 1. The van der Waals surface area contributed by atoms with Crippen molar-refractivity contribution >= 4 is 39.9 Å². The summed E-state index contributed by atoms with van der Waals surface area (Å²) in [6.45, 7) is 1.81. The van der Waals surface area contributed by atoms with Crippen molar-refractivity contribution < 1.29 is 13.8 Å². The average Bonchev–Trinajstić information content (AvgIpc) is 2.43. The third kappa shape index (κ3) is 6.15. The maximum Gasteiger partial charge on any atom is 0.236 e. The molecule has 0 aromatic heterocycles. The lowest BCUT2D eigenvalue weighted by Gasteiger charge is -2.10. The SMILES string of the molecule is Cc1c(Cl)cccc1NC(=O)C[S@](=O)CCCC(=O)N(C)C. The van der Waals surface area contributed by atoms with Gasteiger partial charge in [-0.1, -0.05) is 17.7 Å². The first-order valence-electron chi connectivity index (χ1n) is 6.91. The van der Waals surface area contributed by atoms with E-state index in [-0.39, 0.29) is 17.6 Å². The maximum absolute atomic E-state index is 11.9. The molecule has 0 aliphatic carbocycles. The number of hydrogen-bond acceptors (Lipinski definition) is 3. The minimum atomic E-state index is -1.28. The number of nitrogens with zero attached hydrogens (tertiary/aromatic N) is 1. The number of amides is 2. The molecule has 7 heteroatoms. The number of benzene rings is 1. The molecule has 2 amide bonds. The highest BCUT2D eigenvalue weighted by Crippen LogP contribution is 2.22. The summed E-state index contributed by atoms with van der Waals surface area (Å²) in [7, 11) is 2.08.